The standard InChI is InChI=1S/C21H25N3O3/c1-2-16-7-5-10-19(13-16)27-15-20(25)22-17-8-6-9-18(14-17)23-21(26)24-11-3-4-12-24/h5-10,13-14H,2-4,11-12,15H2,1H3,(H,22,25)(H,23,26). The van der Waals surface area contributed by atoms with Crippen molar-refractivity contribution in [3.05, 3.63) is 54.1 Å². The molecule has 6 heteroatoms. The number of hydrogen-bond donors (Lipinski definition) is 2. The number of benzene rings is 2. The maximum Gasteiger partial charge on any atom is 0.321 e. The number of rotatable bonds is 6. The van der Waals surface area contributed by atoms with Crippen LogP contribution in [0.4, 0.5) is 16.2 Å². The third-order valence-electron chi connectivity index (χ3n) is 4.47. The number of likely N-dealkylation sites (tertiary alicyclic amines) is 1. The number of nitrogens with zero attached hydrogens (tertiary/aromatic N) is 1. The van der Waals surface area contributed by atoms with Crippen molar-refractivity contribution < 1.29 is 14.3 Å². The zero-order valence-electron chi connectivity index (χ0n) is 15.5. The van der Waals surface area contributed by atoms with Gasteiger partial charge in [0.05, 0.1) is 0 Å². The predicted octanol–water partition coefficient (Wildman–Crippen LogP) is 3.89. The number of urea groups is 1. The first kappa shape index (κ1) is 18.8. The lowest BCUT2D eigenvalue weighted by molar-refractivity contribution is -0.118. The molecular weight excluding hydrogens is 342 g/mol. The SMILES string of the molecule is CCc1cccc(OCC(=O)Nc2cccc(NC(=O)N3CCCC3)c2)c1. The molecule has 2 N–H and O–H groups in total. The van der Waals surface area contributed by atoms with Gasteiger partial charge >= 0.3 is 6.03 Å². The largest absolute Gasteiger partial charge is 0.484 e. The Balaban J connectivity index is 1.52. The maximum absolute atomic E-state index is 12.2. The number of hydrogen-bond acceptors (Lipinski definition) is 3. The molecule has 0 saturated carbocycles. The highest BCUT2D eigenvalue weighted by molar-refractivity contribution is 5.94. The van der Waals surface area contributed by atoms with E-state index in [1.54, 1.807) is 29.2 Å². The van der Waals surface area contributed by atoms with Crippen LogP contribution >= 0.6 is 0 Å². The van der Waals surface area contributed by atoms with Gasteiger partial charge in [0.15, 0.2) is 6.61 Å². The van der Waals surface area contributed by atoms with Crippen LogP contribution in [-0.4, -0.2) is 36.5 Å². The van der Waals surface area contributed by atoms with Crippen LogP contribution in [0, 0.1) is 0 Å². The Morgan fingerprint density at radius 3 is 2.44 bits per heavy atom. The lowest BCUT2D eigenvalue weighted by Gasteiger charge is -2.16. The minimum atomic E-state index is -0.250. The third-order valence-corrected chi connectivity index (χ3v) is 4.47. The van der Waals surface area contributed by atoms with Gasteiger partial charge in [0.25, 0.3) is 5.91 Å². The number of anilines is 2. The number of ether oxygens (including phenoxy) is 1. The average molecular weight is 367 g/mol. The molecule has 1 fully saturated rings. The van der Waals surface area contributed by atoms with Crippen LogP contribution in [0.2, 0.25) is 0 Å². The normalized spacial score (nSPS) is 13.3. The van der Waals surface area contributed by atoms with Crippen LogP contribution in [0.1, 0.15) is 25.3 Å². The fraction of sp³-hybridized carbons (Fsp3) is 0.333. The summed E-state index contributed by atoms with van der Waals surface area (Å²) in [7, 11) is 0. The number of nitrogens with one attached hydrogen (secondary N) is 2. The van der Waals surface area contributed by atoms with Gasteiger partial charge in [-0.3, -0.25) is 4.79 Å². The first-order chi connectivity index (χ1) is 13.1. The number of amides is 3. The van der Waals surface area contributed by atoms with Crippen LogP contribution in [-0.2, 0) is 11.2 Å². The highest BCUT2D eigenvalue weighted by Crippen LogP contribution is 2.18. The molecule has 1 aliphatic rings. The summed E-state index contributed by atoms with van der Waals surface area (Å²) in [5.74, 6) is 0.427. The highest BCUT2D eigenvalue weighted by Gasteiger charge is 2.17. The van der Waals surface area contributed by atoms with E-state index in [0.29, 0.717) is 17.1 Å². The van der Waals surface area contributed by atoms with Crippen molar-refractivity contribution in [1.29, 1.82) is 0 Å². The van der Waals surface area contributed by atoms with Crippen molar-refractivity contribution in [2.45, 2.75) is 26.2 Å². The van der Waals surface area contributed by atoms with E-state index in [2.05, 4.69) is 17.6 Å². The van der Waals surface area contributed by atoms with E-state index in [1.807, 2.05) is 24.3 Å². The highest BCUT2D eigenvalue weighted by atomic mass is 16.5. The van der Waals surface area contributed by atoms with Gasteiger partial charge in [-0.1, -0.05) is 25.1 Å². The van der Waals surface area contributed by atoms with Gasteiger partial charge in [-0.05, 0) is 55.2 Å². The van der Waals surface area contributed by atoms with Crippen LogP contribution in [0.5, 0.6) is 5.75 Å². The Morgan fingerprint density at radius 1 is 1.00 bits per heavy atom. The smallest absolute Gasteiger partial charge is 0.321 e. The van der Waals surface area contributed by atoms with Gasteiger partial charge in [-0.25, -0.2) is 4.79 Å². The van der Waals surface area contributed by atoms with Crippen molar-refractivity contribution in [1.82, 2.24) is 4.90 Å². The molecule has 0 aliphatic carbocycles. The molecule has 6 nitrogen and oxygen atoms in total. The molecule has 1 heterocycles. The second kappa shape index (κ2) is 9.07. The van der Waals surface area contributed by atoms with E-state index in [9.17, 15) is 9.59 Å². The maximum atomic E-state index is 12.2. The molecule has 0 aromatic heterocycles. The molecule has 0 spiro atoms. The van der Waals surface area contributed by atoms with Crippen LogP contribution in [0.25, 0.3) is 0 Å². The quantitative estimate of drug-likeness (QED) is 0.814. The Bertz CT molecular complexity index is 801. The first-order valence-corrected chi connectivity index (χ1v) is 9.31. The van der Waals surface area contributed by atoms with Crippen molar-refractivity contribution in [3.8, 4) is 5.75 Å². The molecule has 0 bridgehead atoms. The average Bonchev–Trinajstić information content (AvgIpc) is 3.22. The zero-order chi connectivity index (χ0) is 19.1. The summed E-state index contributed by atoms with van der Waals surface area (Å²) in [5, 5.41) is 5.67. The van der Waals surface area contributed by atoms with E-state index in [-0.39, 0.29) is 18.5 Å². The monoisotopic (exact) mass is 367 g/mol. The Kier molecular flexibility index (Phi) is 6.30. The minimum Gasteiger partial charge on any atom is -0.484 e. The Morgan fingerprint density at radius 2 is 1.70 bits per heavy atom. The molecular formula is C21H25N3O3. The fourth-order valence-electron chi connectivity index (χ4n) is 3.00. The number of carbonyl (C=O) groups is 2. The lowest BCUT2D eigenvalue weighted by atomic mass is 10.2. The van der Waals surface area contributed by atoms with Gasteiger partial charge in [0.2, 0.25) is 0 Å². The van der Waals surface area contributed by atoms with Crippen molar-refractivity contribution in [2.24, 2.45) is 0 Å². The van der Waals surface area contributed by atoms with Crippen molar-refractivity contribution in [2.75, 3.05) is 30.3 Å². The molecule has 2 aromatic rings. The van der Waals surface area contributed by atoms with Crippen molar-refractivity contribution in [3.63, 3.8) is 0 Å². The van der Waals surface area contributed by atoms with E-state index in [4.69, 9.17) is 4.74 Å². The van der Waals surface area contributed by atoms with Crippen LogP contribution in [0.3, 0.4) is 0 Å². The minimum absolute atomic E-state index is 0.0719. The first-order valence-electron chi connectivity index (χ1n) is 9.31. The Labute approximate surface area is 159 Å². The summed E-state index contributed by atoms with van der Waals surface area (Å²) in [5.41, 5.74) is 2.43. The number of carbonyl (C=O) groups excluding carboxylic acids is 2. The van der Waals surface area contributed by atoms with E-state index < -0.39 is 0 Å². The summed E-state index contributed by atoms with van der Waals surface area (Å²) in [6, 6.07) is 14.7. The van der Waals surface area contributed by atoms with Gasteiger partial charge in [-0.15, -0.1) is 0 Å². The molecule has 3 amide bonds. The fourth-order valence-corrected chi connectivity index (χ4v) is 3.00. The summed E-state index contributed by atoms with van der Waals surface area (Å²) in [4.78, 5) is 26.1. The molecule has 0 radical (unpaired) electrons. The van der Waals surface area contributed by atoms with Gasteiger partial charge in [-0.2, -0.15) is 0 Å². The summed E-state index contributed by atoms with van der Waals surface area (Å²) >= 11 is 0. The molecule has 2 aromatic carbocycles. The molecule has 3 rings (SSSR count). The van der Waals surface area contributed by atoms with E-state index in [1.165, 1.54) is 0 Å². The van der Waals surface area contributed by atoms with Gasteiger partial charge in [0, 0.05) is 24.5 Å². The molecule has 1 saturated heterocycles. The molecule has 142 valence electrons. The van der Waals surface area contributed by atoms with Gasteiger partial charge in [0.1, 0.15) is 5.75 Å². The van der Waals surface area contributed by atoms with Gasteiger partial charge < -0.3 is 20.3 Å². The molecule has 1 aliphatic heterocycles. The van der Waals surface area contributed by atoms with Crippen LogP contribution in [0.15, 0.2) is 48.5 Å². The van der Waals surface area contributed by atoms with Crippen molar-refractivity contribution >= 4 is 23.3 Å². The molecule has 27 heavy (non-hydrogen) atoms. The third kappa shape index (κ3) is 5.48. The van der Waals surface area contributed by atoms with E-state index in [0.717, 1.165) is 37.9 Å². The van der Waals surface area contributed by atoms with Crippen LogP contribution < -0.4 is 15.4 Å². The molecule has 0 unspecified atom stereocenters. The Hall–Kier alpha value is -3.02. The summed E-state index contributed by atoms with van der Waals surface area (Å²) in [6.45, 7) is 3.58. The zero-order valence-corrected chi connectivity index (χ0v) is 15.5. The second-order valence-electron chi connectivity index (χ2n) is 6.54. The number of aryl methyl sites for hydroxylation is 1. The predicted molar refractivity (Wildman–Crippen MR) is 106 cm³/mol. The summed E-state index contributed by atoms with van der Waals surface area (Å²) < 4.78 is 5.56. The van der Waals surface area contributed by atoms with E-state index >= 15 is 0 Å². The molecule has 0 atom stereocenters. The summed E-state index contributed by atoms with van der Waals surface area (Å²) in [6.07, 6.45) is 3.01. The topological polar surface area (TPSA) is 70.7 Å². The lowest BCUT2D eigenvalue weighted by Crippen LogP contribution is -2.32. The second-order valence-corrected chi connectivity index (χ2v) is 6.54.